The first-order valence-corrected chi connectivity index (χ1v) is 41.6. The Labute approximate surface area is 650 Å². The average Bonchev–Trinajstić information content (AvgIpc) is 1.30. The molecule has 4 aromatic rings. The number of hydrogen-bond acceptors (Lipinski definition) is 27. The van der Waals surface area contributed by atoms with Crippen molar-refractivity contribution in [3.05, 3.63) is 143 Å². The Bertz CT molecular complexity index is 3630. The van der Waals surface area contributed by atoms with E-state index in [9.17, 15) is 34.2 Å². The van der Waals surface area contributed by atoms with Crippen molar-refractivity contribution in [2.24, 2.45) is 23.7 Å². The van der Waals surface area contributed by atoms with Gasteiger partial charge in [0.2, 0.25) is 11.8 Å². The average molecular weight is 1600 g/mol. The van der Waals surface area contributed by atoms with Gasteiger partial charge in [0, 0.05) is 38.0 Å². The third-order valence-electron chi connectivity index (χ3n) is 20.2. The van der Waals surface area contributed by atoms with Crippen molar-refractivity contribution >= 4 is 57.3 Å². The zero-order valence-electron chi connectivity index (χ0n) is 65.3. The Kier molecular flexibility index (Phi) is 35.2. The van der Waals surface area contributed by atoms with E-state index in [2.05, 4.69) is 10.6 Å². The minimum atomic E-state index is -4.97. The first-order chi connectivity index (χ1) is 53.2. The van der Waals surface area contributed by atoms with Crippen molar-refractivity contribution in [3.8, 4) is 0 Å². The summed E-state index contributed by atoms with van der Waals surface area (Å²) >= 11 is 0. The number of benzene rings is 4. The number of carbonyl (C=O) groups is 7. The summed E-state index contributed by atoms with van der Waals surface area (Å²) in [6.45, 7) is 15.9. The van der Waals surface area contributed by atoms with Gasteiger partial charge in [0.15, 0.2) is 18.7 Å². The molecule has 4 heterocycles. The molecule has 0 aliphatic carbocycles. The maximum Gasteiger partial charge on any atom is 0.477 e. The number of rotatable bonds is 41. The number of hydrogen-bond donors (Lipinski definition) is 4. The monoisotopic (exact) mass is 1590 g/mol. The Morgan fingerprint density at radius 3 is 1.51 bits per heavy atom. The largest absolute Gasteiger partial charge is 0.477 e. The molecule has 5 unspecified atom stereocenters. The molecule has 4 aliphatic heterocycles. The second-order valence-corrected chi connectivity index (χ2v) is 32.0. The van der Waals surface area contributed by atoms with E-state index in [4.69, 9.17) is 74.5 Å². The van der Waals surface area contributed by atoms with Crippen molar-refractivity contribution in [1.29, 1.82) is 0 Å². The molecule has 4 aromatic carbocycles. The van der Waals surface area contributed by atoms with E-state index in [0.29, 0.717) is 47.1 Å². The van der Waals surface area contributed by atoms with E-state index < -0.39 is 193 Å². The third kappa shape index (κ3) is 26.3. The molecule has 0 bridgehead atoms. The van der Waals surface area contributed by atoms with Gasteiger partial charge in [-0.05, 0) is 58.4 Å². The molecule has 4 N–H and O–H groups in total. The van der Waals surface area contributed by atoms with Crippen LogP contribution in [0.2, 0.25) is 0 Å². The molecule has 19 atom stereocenters. The van der Waals surface area contributed by atoms with Crippen LogP contribution in [0.4, 0.5) is 0 Å². The number of esters is 5. The third-order valence-corrected chi connectivity index (χ3v) is 23.0. The van der Waals surface area contributed by atoms with E-state index in [1.54, 1.807) is 164 Å². The molecule has 0 aromatic heterocycles. The van der Waals surface area contributed by atoms with Crippen molar-refractivity contribution in [1.82, 2.24) is 10.6 Å². The SMILES string of the molecule is CCC(=O)O[C@H](CC)CC(=O)NC1[C@@H](OP(=O)(OCc2ccccc2)OCc2ccccc2)OC(CO[C@@H]2OC(CO[C@]3(C(=O)OCc4ccccc4)C[C@@H](O)[C@@H](O)C([C@H](C)CC)O3)[C@@H](OP3(=O)OCc4ccccc4CO3)[C@H](OC(=O)C[C@H](C)CC)C2NC(=O)C[C@@H](CC)OC(=O)CC)[C@@H](C)[C@@H]1OC(=O)C[C@H](C)CC. The van der Waals surface area contributed by atoms with Gasteiger partial charge in [-0.3, -0.25) is 55.9 Å². The van der Waals surface area contributed by atoms with Gasteiger partial charge in [0.05, 0.1) is 70.8 Å². The summed E-state index contributed by atoms with van der Waals surface area (Å²) in [6.07, 6.45) is -19.2. The van der Waals surface area contributed by atoms with Crippen molar-refractivity contribution in [2.75, 3.05) is 13.2 Å². The van der Waals surface area contributed by atoms with Gasteiger partial charge in [-0.2, -0.15) is 0 Å². The Morgan fingerprint density at radius 2 is 1.04 bits per heavy atom. The molecule has 2 amide bonds. The number of carbonyl (C=O) groups excluding carboxylic acids is 7. The van der Waals surface area contributed by atoms with Gasteiger partial charge < -0.3 is 68.2 Å². The van der Waals surface area contributed by atoms with Gasteiger partial charge in [-0.25, -0.2) is 13.9 Å². The number of phosphoric ester groups is 2. The summed E-state index contributed by atoms with van der Waals surface area (Å²) in [5, 5.41) is 29.2. The fourth-order valence-corrected chi connectivity index (χ4v) is 15.3. The molecular weight excluding hydrogens is 1480 g/mol. The Balaban J connectivity index is 1.29. The summed E-state index contributed by atoms with van der Waals surface area (Å²) in [6, 6.07) is 29.6. The molecule has 29 nitrogen and oxygen atoms in total. The number of fused-ring (bicyclic) bond motifs is 1. The smallest absolute Gasteiger partial charge is 0.462 e. The minimum absolute atomic E-state index is 0.0151. The number of amides is 2. The normalized spacial score (nSPS) is 26.5. The second-order valence-electron chi connectivity index (χ2n) is 28.7. The molecule has 31 heteroatoms. The van der Waals surface area contributed by atoms with E-state index in [1.165, 1.54) is 0 Å². The van der Waals surface area contributed by atoms with Crippen LogP contribution in [0.5, 0.6) is 0 Å². The van der Waals surface area contributed by atoms with Crippen LogP contribution >= 0.6 is 15.6 Å². The predicted octanol–water partition coefficient (Wildman–Crippen LogP) is 11.8. The van der Waals surface area contributed by atoms with Crippen LogP contribution in [0.15, 0.2) is 115 Å². The summed E-state index contributed by atoms with van der Waals surface area (Å²) in [5.41, 5.74) is 2.82. The van der Waals surface area contributed by atoms with Gasteiger partial charge >= 0.3 is 45.5 Å². The van der Waals surface area contributed by atoms with Crippen molar-refractivity contribution in [2.45, 2.75) is 278 Å². The van der Waals surface area contributed by atoms with Gasteiger partial charge in [0.1, 0.15) is 55.3 Å². The summed E-state index contributed by atoms with van der Waals surface area (Å²) in [7, 11) is -9.93. The fraction of sp³-hybridized carbons (Fsp3) is 0.613. The fourth-order valence-electron chi connectivity index (χ4n) is 12.8. The van der Waals surface area contributed by atoms with E-state index in [-0.39, 0.29) is 83.4 Å². The van der Waals surface area contributed by atoms with Crippen LogP contribution in [0, 0.1) is 23.7 Å². The standard InChI is InChI=1S/C80H112N2O27P2/c1-12-50(8)38-68(88)105-74-53(11)62(103-78(70(74)81-64(84)40-59(15-4)101-66(86)17-6)109-111(93,97-44-55-32-24-20-25-33-55)98-45-56-34-26-21-27-35-56)48-94-77-71(82-65(85)41-60(16-5)102-67(87)18-7)76(106-69(89)39-51(9)13-2)75(108-110(92)99-46-57-36-28-29-37-58(57)47-100-110)63(104-77)49-96-80(79(91)95-43-54-30-22-19-23-31-54)42-61(83)72(90)73(107-80)52(10)14-3/h19-37,50-53,59-63,70-78,83,90H,12-18,38-49H2,1-11H3,(H,81,84)(H,82,85)/t50-,51-,52-,53-,59-,60-,61-,62?,63?,70?,71?,72-,73?,74+,75-,76-,77-,78-,80-/m1/s1. The Morgan fingerprint density at radius 1 is 0.568 bits per heavy atom. The second kappa shape index (κ2) is 43.6. The molecule has 4 aliphatic rings. The summed E-state index contributed by atoms with van der Waals surface area (Å²) < 4.78 is 133. The van der Waals surface area contributed by atoms with Gasteiger partial charge in [-0.15, -0.1) is 0 Å². The lowest BCUT2D eigenvalue weighted by atomic mass is 9.87. The number of phosphoric acid groups is 2. The molecule has 3 saturated heterocycles. The summed E-state index contributed by atoms with van der Waals surface area (Å²) in [4.78, 5) is 99.7. The number of ether oxygens (including phenoxy) is 10. The molecule has 111 heavy (non-hydrogen) atoms. The Hall–Kier alpha value is -6.89. The highest BCUT2D eigenvalue weighted by Gasteiger charge is 2.59. The lowest BCUT2D eigenvalue weighted by Gasteiger charge is -2.49. The molecule has 0 radical (unpaired) electrons. The maximum atomic E-state index is 15.7. The van der Waals surface area contributed by atoms with E-state index in [1.807, 2.05) is 27.7 Å². The zero-order chi connectivity index (χ0) is 80.4. The predicted molar refractivity (Wildman–Crippen MR) is 400 cm³/mol. The molecule has 0 spiro atoms. The molecule has 8 rings (SSSR count). The minimum Gasteiger partial charge on any atom is -0.462 e. The molecule has 3 fully saturated rings. The van der Waals surface area contributed by atoms with Crippen molar-refractivity contribution < 1.29 is 127 Å². The van der Waals surface area contributed by atoms with Gasteiger partial charge in [-0.1, -0.05) is 211 Å². The number of nitrogens with one attached hydrogen (secondary N) is 2. The molecular formula is C80H112N2O27P2. The molecule has 614 valence electrons. The quantitative estimate of drug-likeness (QED) is 0.0182. The highest BCUT2D eigenvalue weighted by Crippen LogP contribution is 2.56. The lowest BCUT2D eigenvalue weighted by Crippen LogP contribution is -2.68. The van der Waals surface area contributed by atoms with Crippen LogP contribution in [0.1, 0.15) is 181 Å². The first-order valence-electron chi connectivity index (χ1n) is 38.6. The maximum absolute atomic E-state index is 15.7. The summed E-state index contributed by atoms with van der Waals surface area (Å²) in [5.74, 6) is -10.2. The lowest BCUT2D eigenvalue weighted by molar-refractivity contribution is -0.338. The van der Waals surface area contributed by atoms with Crippen molar-refractivity contribution in [3.63, 3.8) is 0 Å². The number of aliphatic hydroxyl groups is 2. The first kappa shape index (κ1) is 89.7. The van der Waals surface area contributed by atoms with E-state index in [0.717, 1.165) is 0 Å². The number of aliphatic hydroxyl groups excluding tert-OH is 2. The van der Waals surface area contributed by atoms with E-state index >= 15 is 18.7 Å². The van der Waals surface area contributed by atoms with Crippen LogP contribution in [-0.2, 0) is 150 Å². The van der Waals surface area contributed by atoms with Crippen LogP contribution < -0.4 is 10.6 Å². The highest BCUT2D eigenvalue weighted by molar-refractivity contribution is 7.48. The van der Waals surface area contributed by atoms with Crippen LogP contribution in [0.25, 0.3) is 0 Å². The highest BCUT2D eigenvalue weighted by atomic mass is 31.2. The zero-order valence-corrected chi connectivity index (χ0v) is 67.1. The van der Waals surface area contributed by atoms with Crippen LogP contribution in [0.3, 0.4) is 0 Å². The topological polar surface area (TPSA) is 366 Å². The van der Waals surface area contributed by atoms with Crippen LogP contribution in [-0.4, -0.2) is 157 Å². The molecule has 0 saturated carbocycles. The van der Waals surface area contributed by atoms with Gasteiger partial charge in [0.25, 0.3) is 5.79 Å².